The Labute approximate surface area is 119 Å². The van der Waals surface area contributed by atoms with Gasteiger partial charge in [-0.1, -0.05) is 18.2 Å². The molecule has 0 aliphatic carbocycles. The Balaban J connectivity index is 2.33. The fourth-order valence-corrected chi connectivity index (χ4v) is 2.10. The van der Waals surface area contributed by atoms with Crippen molar-refractivity contribution in [3.05, 3.63) is 63.0 Å². The van der Waals surface area contributed by atoms with Crippen LogP contribution in [0, 0.1) is 9.39 Å². The molecule has 18 heavy (non-hydrogen) atoms. The number of methoxy groups -OCH3 is 1. The van der Waals surface area contributed by atoms with Crippen LogP contribution in [-0.4, -0.2) is 7.11 Å². The Morgan fingerprint density at radius 1 is 1.17 bits per heavy atom. The second kappa shape index (κ2) is 5.67. The highest BCUT2D eigenvalue weighted by molar-refractivity contribution is 14.1. The molecule has 0 radical (unpaired) electrons. The molecule has 0 spiro atoms. The molecule has 0 fully saturated rings. The molecular weight excluding hydrogens is 344 g/mol. The number of benzene rings is 2. The lowest BCUT2D eigenvalue weighted by Gasteiger charge is -2.14. The summed E-state index contributed by atoms with van der Waals surface area (Å²) in [7, 11) is 1.51. The van der Waals surface area contributed by atoms with Crippen molar-refractivity contribution in [1.82, 2.24) is 0 Å². The summed E-state index contributed by atoms with van der Waals surface area (Å²) in [6, 6.07) is 12.0. The van der Waals surface area contributed by atoms with E-state index in [4.69, 9.17) is 10.5 Å². The monoisotopic (exact) mass is 357 g/mol. The molecule has 1 unspecified atom stereocenters. The maximum Gasteiger partial charge on any atom is 0.132 e. The van der Waals surface area contributed by atoms with Gasteiger partial charge in [0, 0.05) is 15.2 Å². The molecule has 4 heteroatoms. The van der Waals surface area contributed by atoms with Gasteiger partial charge in [0.1, 0.15) is 11.6 Å². The standard InChI is InChI=1S/C14H13FINO/c1-18-11-6-7-12(13(15)8-11)14(17)9-2-4-10(16)5-3-9/h2-8,14H,17H2,1H3. The molecule has 94 valence electrons. The zero-order valence-corrected chi connectivity index (χ0v) is 12.0. The smallest absolute Gasteiger partial charge is 0.132 e. The molecule has 0 aliphatic rings. The molecule has 0 amide bonds. The molecule has 0 saturated heterocycles. The third-order valence-corrected chi connectivity index (χ3v) is 3.49. The normalized spacial score (nSPS) is 12.2. The van der Waals surface area contributed by atoms with Gasteiger partial charge >= 0.3 is 0 Å². The van der Waals surface area contributed by atoms with E-state index in [0.29, 0.717) is 11.3 Å². The molecule has 2 N–H and O–H groups in total. The topological polar surface area (TPSA) is 35.2 Å². The lowest BCUT2D eigenvalue weighted by atomic mass is 9.99. The molecule has 0 aromatic heterocycles. The summed E-state index contributed by atoms with van der Waals surface area (Å²) in [5.74, 6) is 0.145. The largest absolute Gasteiger partial charge is 0.497 e. The number of ether oxygens (including phenoxy) is 1. The fraction of sp³-hybridized carbons (Fsp3) is 0.143. The third kappa shape index (κ3) is 2.81. The summed E-state index contributed by atoms with van der Waals surface area (Å²) in [6.45, 7) is 0. The first kappa shape index (κ1) is 13.3. The lowest BCUT2D eigenvalue weighted by molar-refractivity contribution is 0.410. The first-order valence-corrected chi connectivity index (χ1v) is 6.54. The lowest BCUT2D eigenvalue weighted by Crippen LogP contribution is -2.13. The van der Waals surface area contributed by atoms with Crippen molar-refractivity contribution in [2.45, 2.75) is 6.04 Å². The quantitative estimate of drug-likeness (QED) is 0.854. The van der Waals surface area contributed by atoms with Gasteiger partial charge in [0.25, 0.3) is 0 Å². The minimum atomic E-state index is -0.465. The van der Waals surface area contributed by atoms with Crippen LogP contribution in [0.4, 0.5) is 4.39 Å². The van der Waals surface area contributed by atoms with Crippen LogP contribution in [0.15, 0.2) is 42.5 Å². The van der Waals surface area contributed by atoms with Gasteiger partial charge in [0.05, 0.1) is 13.2 Å². The van der Waals surface area contributed by atoms with Crippen molar-refractivity contribution in [3.63, 3.8) is 0 Å². The SMILES string of the molecule is COc1ccc(C(N)c2ccc(I)cc2)c(F)c1. The van der Waals surface area contributed by atoms with Gasteiger partial charge in [-0.3, -0.25) is 0 Å². The van der Waals surface area contributed by atoms with E-state index in [9.17, 15) is 4.39 Å². The fourth-order valence-electron chi connectivity index (χ4n) is 1.74. The number of nitrogens with two attached hydrogens (primary N) is 1. The van der Waals surface area contributed by atoms with Crippen LogP contribution in [-0.2, 0) is 0 Å². The highest BCUT2D eigenvalue weighted by Gasteiger charge is 2.14. The van der Waals surface area contributed by atoms with Gasteiger partial charge in [-0.2, -0.15) is 0 Å². The molecule has 2 aromatic rings. The van der Waals surface area contributed by atoms with Gasteiger partial charge in [-0.15, -0.1) is 0 Å². The van der Waals surface area contributed by atoms with E-state index in [-0.39, 0.29) is 5.82 Å². The van der Waals surface area contributed by atoms with Crippen LogP contribution in [0.25, 0.3) is 0 Å². The molecule has 0 bridgehead atoms. The van der Waals surface area contributed by atoms with Gasteiger partial charge in [0.15, 0.2) is 0 Å². The van der Waals surface area contributed by atoms with Crippen molar-refractivity contribution < 1.29 is 9.13 Å². The predicted octanol–water partition coefficient (Wildman–Crippen LogP) is 3.49. The van der Waals surface area contributed by atoms with Crippen LogP contribution >= 0.6 is 22.6 Å². The molecule has 1 atom stereocenters. The second-order valence-corrected chi connectivity index (χ2v) is 5.16. The molecule has 2 aromatic carbocycles. The minimum Gasteiger partial charge on any atom is -0.497 e. The molecule has 0 aliphatic heterocycles. The Bertz CT molecular complexity index is 542. The van der Waals surface area contributed by atoms with Crippen molar-refractivity contribution in [2.24, 2.45) is 5.73 Å². The van der Waals surface area contributed by atoms with Crippen LogP contribution in [0.3, 0.4) is 0 Å². The van der Waals surface area contributed by atoms with Gasteiger partial charge < -0.3 is 10.5 Å². The molecule has 0 saturated carbocycles. The third-order valence-electron chi connectivity index (χ3n) is 2.77. The summed E-state index contributed by atoms with van der Waals surface area (Å²) >= 11 is 2.22. The highest BCUT2D eigenvalue weighted by Crippen LogP contribution is 2.25. The number of rotatable bonds is 3. The Morgan fingerprint density at radius 2 is 1.83 bits per heavy atom. The summed E-state index contributed by atoms with van der Waals surface area (Å²) in [5.41, 5.74) is 7.43. The zero-order chi connectivity index (χ0) is 13.1. The Kier molecular flexibility index (Phi) is 4.19. The van der Waals surface area contributed by atoms with E-state index >= 15 is 0 Å². The van der Waals surface area contributed by atoms with E-state index in [0.717, 1.165) is 9.13 Å². The van der Waals surface area contributed by atoms with E-state index < -0.39 is 6.04 Å². The van der Waals surface area contributed by atoms with Gasteiger partial charge in [-0.25, -0.2) is 4.39 Å². The molecular formula is C14H13FINO. The van der Waals surface area contributed by atoms with Crippen LogP contribution < -0.4 is 10.5 Å². The maximum atomic E-state index is 13.9. The van der Waals surface area contributed by atoms with E-state index in [1.807, 2.05) is 24.3 Å². The predicted molar refractivity (Wildman–Crippen MR) is 78.1 cm³/mol. The molecule has 2 nitrogen and oxygen atoms in total. The summed E-state index contributed by atoms with van der Waals surface area (Å²) < 4.78 is 20.0. The van der Waals surface area contributed by atoms with Crippen molar-refractivity contribution >= 4 is 22.6 Å². The average molecular weight is 357 g/mol. The van der Waals surface area contributed by atoms with Crippen molar-refractivity contribution in [3.8, 4) is 5.75 Å². The summed E-state index contributed by atoms with van der Waals surface area (Å²) in [4.78, 5) is 0. The number of hydrogen-bond donors (Lipinski definition) is 1. The van der Waals surface area contributed by atoms with Gasteiger partial charge in [-0.05, 0) is 46.4 Å². The first-order valence-electron chi connectivity index (χ1n) is 5.46. The number of hydrogen-bond acceptors (Lipinski definition) is 2. The highest BCUT2D eigenvalue weighted by atomic mass is 127. The first-order chi connectivity index (χ1) is 8.61. The maximum absolute atomic E-state index is 13.9. The summed E-state index contributed by atoms with van der Waals surface area (Å²) in [5, 5.41) is 0. The van der Waals surface area contributed by atoms with Crippen molar-refractivity contribution in [1.29, 1.82) is 0 Å². The molecule has 0 heterocycles. The second-order valence-electron chi connectivity index (χ2n) is 3.92. The van der Waals surface area contributed by atoms with Crippen LogP contribution in [0.2, 0.25) is 0 Å². The van der Waals surface area contributed by atoms with Crippen LogP contribution in [0.5, 0.6) is 5.75 Å². The minimum absolute atomic E-state index is 0.347. The number of halogens is 2. The Morgan fingerprint density at radius 3 is 2.39 bits per heavy atom. The van der Waals surface area contributed by atoms with Crippen LogP contribution in [0.1, 0.15) is 17.2 Å². The average Bonchev–Trinajstić information content (AvgIpc) is 2.38. The van der Waals surface area contributed by atoms with E-state index in [1.165, 1.54) is 13.2 Å². The van der Waals surface area contributed by atoms with E-state index in [1.54, 1.807) is 12.1 Å². The Hall–Kier alpha value is -1.14. The summed E-state index contributed by atoms with van der Waals surface area (Å²) in [6.07, 6.45) is 0. The van der Waals surface area contributed by atoms with E-state index in [2.05, 4.69) is 22.6 Å². The zero-order valence-electron chi connectivity index (χ0n) is 9.86. The molecule has 2 rings (SSSR count). The van der Waals surface area contributed by atoms with Crippen molar-refractivity contribution in [2.75, 3.05) is 7.11 Å². The van der Waals surface area contributed by atoms with Gasteiger partial charge in [0.2, 0.25) is 0 Å².